The Hall–Kier alpha value is -3.47. The molecule has 1 saturated carbocycles. The van der Waals surface area contributed by atoms with Crippen molar-refractivity contribution in [2.24, 2.45) is 0 Å². The number of ether oxygens (including phenoxy) is 1. The Bertz CT molecular complexity index is 1640. The highest BCUT2D eigenvalue weighted by atomic mass is 31.2. The monoisotopic (exact) mass is 675 g/mol. The minimum absolute atomic E-state index is 0.218. The second kappa shape index (κ2) is 15.4. The van der Waals surface area contributed by atoms with Crippen LogP contribution in [-0.4, -0.2) is 83.6 Å². The Balaban J connectivity index is 1.25. The smallest absolute Gasteiger partial charge is 0.231 e. The van der Waals surface area contributed by atoms with Crippen LogP contribution in [0.5, 0.6) is 5.75 Å². The van der Waals surface area contributed by atoms with Crippen LogP contribution in [0.2, 0.25) is 0 Å². The lowest BCUT2D eigenvalue weighted by molar-refractivity contribution is 0.0274. The molecular weight excluding hydrogens is 625 g/mol. The van der Waals surface area contributed by atoms with Gasteiger partial charge < -0.3 is 44.3 Å². The van der Waals surface area contributed by atoms with Crippen LogP contribution < -0.4 is 25.6 Å². The summed E-state index contributed by atoms with van der Waals surface area (Å²) in [5.74, 6) is 2.04. The molecule has 0 amide bonds. The van der Waals surface area contributed by atoms with E-state index in [0.717, 1.165) is 77.9 Å². The number of aromatic nitrogens is 3. The first kappa shape index (κ1) is 34.4. The fraction of sp³-hybridized carbons (Fsp3) is 0.500. The van der Waals surface area contributed by atoms with Gasteiger partial charge in [0.1, 0.15) is 17.2 Å². The zero-order valence-electron chi connectivity index (χ0n) is 28.8. The first-order valence-corrected chi connectivity index (χ1v) is 18.2. The van der Waals surface area contributed by atoms with E-state index in [1.807, 2.05) is 50.4 Å². The molecule has 48 heavy (non-hydrogen) atoms. The molecule has 0 radical (unpaired) electrons. The fourth-order valence-electron chi connectivity index (χ4n) is 6.96. The lowest BCUT2D eigenvalue weighted by Gasteiger charge is -2.40. The minimum Gasteiger partial charge on any atom is -0.488 e. The quantitative estimate of drug-likeness (QED) is 0.110. The third-order valence-electron chi connectivity index (χ3n) is 9.23. The molecule has 2 fully saturated rings. The molecule has 258 valence electrons. The van der Waals surface area contributed by atoms with E-state index in [4.69, 9.17) is 23.8 Å². The van der Waals surface area contributed by atoms with Gasteiger partial charge in [-0.3, -0.25) is 0 Å². The van der Waals surface area contributed by atoms with Gasteiger partial charge in [0, 0.05) is 57.8 Å². The number of anilines is 5. The van der Waals surface area contributed by atoms with Crippen molar-refractivity contribution in [1.82, 2.24) is 19.9 Å². The molecule has 2 aromatic carbocycles. The van der Waals surface area contributed by atoms with E-state index in [9.17, 15) is 5.11 Å². The van der Waals surface area contributed by atoms with E-state index in [1.54, 1.807) is 14.2 Å². The Morgan fingerprint density at radius 2 is 1.73 bits per heavy atom. The van der Waals surface area contributed by atoms with E-state index < -0.39 is 14.0 Å². The highest BCUT2D eigenvalue weighted by molar-refractivity contribution is 7.56. The van der Waals surface area contributed by atoms with E-state index in [2.05, 4.69) is 50.7 Å². The number of hydrogen-bond donors (Lipinski definition) is 4. The molecule has 3 heterocycles. The fourth-order valence-corrected chi connectivity index (χ4v) is 8.03. The third kappa shape index (κ3) is 8.39. The van der Waals surface area contributed by atoms with Crippen molar-refractivity contribution in [3.8, 4) is 5.75 Å². The summed E-state index contributed by atoms with van der Waals surface area (Å²) >= 11 is 0. The van der Waals surface area contributed by atoms with Crippen molar-refractivity contribution in [3.63, 3.8) is 0 Å². The average Bonchev–Trinajstić information content (AvgIpc) is 3.55. The van der Waals surface area contributed by atoms with Crippen molar-refractivity contribution >= 4 is 53.5 Å². The van der Waals surface area contributed by atoms with Gasteiger partial charge >= 0.3 is 0 Å². The summed E-state index contributed by atoms with van der Waals surface area (Å²) < 4.78 is 18.0. The van der Waals surface area contributed by atoms with Crippen LogP contribution in [0.1, 0.15) is 58.8 Å². The first-order chi connectivity index (χ1) is 23.2. The van der Waals surface area contributed by atoms with Crippen molar-refractivity contribution < 1.29 is 18.9 Å². The van der Waals surface area contributed by atoms with Crippen LogP contribution in [0.3, 0.4) is 0 Å². The standard InChI is InChI=1S/C36H50N7O4P/c1-36(2,44)24-42(3)26-18-21-43(22-19-26)30-16-15-25(23-31(30)47-27-11-7-6-8-12-27)38-35-40-33-28(17-20-37-33)34(41-35)39-29-13-9-10-14-32(29)48(45-4)46-5/h9-10,13-17,20,23,26-27,44H,6-8,11-12,18-19,21-22,24H2,1-5H3,(H3,37,38,39,40,41). The summed E-state index contributed by atoms with van der Waals surface area (Å²) in [5, 5.41) is 19.1. The van der Waals surface area contributed by atoms with E-state index >= 15 is 0 Å². The predicted octanol–water partition coefficient (Wildman–Crippen LogP) is 7.06. The second-order valence-electron chi connectivity index (χ2n) is 13.5. The molecule has 12 heteroatoms. The Kier molecular flexibility index (Phi) is 11.0. The highest BCUT2D eigenvalue weighted by Gasteiger charge is 2.28. The molecule has 2 aliphatic rings. The molecule has 0 atom stereocenters. The van der Waals surface area contributed by atoms with Gasteiger partial charge in [0.2, 0.25) is 14.3 Å². The average molecular weight is 676 g/mol. The molecule has 1 saturated heterocycles. The molecule has 0 spiro atoms. The Morgan fingerprint density at radius 3 is 2.46 bits per heavy atom. The van der Waals surface area contributed by atoms with Crippen LogP contribution in [-0.2, 0) is 9.05 Å². The van der Waals surface area contributed by atoms with Crippen LogP contribution in [0.4, 0.5) is 28.8 Å². The van der Waals surface area contributed by atoms with Crippen LogP contribution >= 0.6 is 8.38 Å². The van der Waals surface area contributed by atoms with Crippen LogP contribution in [0.15, 0.2) is 54.7 Å². The zero-order valence-corrected chi connectivity index (χ0v) is 29.7. The highest BCUT2D eigenvalue weighted by Crippen LogP contribution is 2.40. The van der Waals surface area contributed by atoms with Gasteiger partial charge in [-0.1, -0.05) is 18.6 Å². The van der Waals surface area contributed by atoms with Crippen molar-refractivity contribution in [2.45, 2.75) is 76.5 Å². The number of likely N-dealkylation sites (N-methyl/N-ethyl adjacent to an activating group) is 1. The first-order valence-electron chi connectivity index (χ1n) is 17.1. The minimum atomic E-state index is -1.24. The Morgan fingerprint density at radius 1 is 0.979 bits per heavy atom. The zero-order chi connectivity index (χ0) is 33.7. The lowest BCUT2D eigenvalue weighted by atomic mass is 9.97. The molecule has 1 aliphatic carbocycles. The van der Waals surface area contributed by atoms with Gasteiger partial charge in [0.05, 0.1) is 33.8 Å². The van der Waals surface area contributed by atoms with Gasteiger partial charge in [-0.25, -0.2) is 0 Å². The van der Waals surface area contributed by atoms with Crippen molar-refractivity contribution in [2.75, 3.05) is 56.4 Å². The molecule has 0 bridgehead atoms. The normalized spacial score (nSPS) is 16.6. The predicted molar refractivity (Wildman–Crippen MR) is 196 cm³/mol. The third-order valence-corrected chi connectivity index (χ3v) is 10.7. The maximum Gasteiger partial charge on any atom is 0.231 e. The van der Waals surface area contributed by atoms with Crippen LogP contribution in [0, 0.1) is 0 Å². The summed E-state index contributed by atoms with van der Waals surface area (Å²) in [4.78, 5) is 17.7. The number of hydrogen-bond acceptors (Lipinski definition) is 10. The summed E-state index contributed by atoms with van der Waals surface area (Å²) in [6.07, 6.45) is 10.0. The van der Waals surface area contributed by atoms with Gasteiger partial charge in [0.15, 0.2) is 0 Å². The van der Waals surface area contributed by atoms with E-state index in [0.29, 0.717) is 24.4 Å². The number of aromatic amines is 1. The SMILES string of the molecule is COP(OC)c1ccccc1Nc1nc(Nc2ccc(N3CCC(N(C)CC(C)(C)O)CC3)c(OC3CCCCC3)c2)nc2[nH]ccc12. The number of aliphatic hydroxyl groups is 1. The molecule has 4 N–H and O–H groups in total. The summed E-state index contributed by atoms with van der Waals surface area (Å²) in [7, 11) is 4.19. The molecule has 4 aromatic rings. The number of H-pyrrole nitrogens is 1. The molecule has 1 aliphatic heterocycles. The van der Waals surface area contributed by atoms with Crippen molar-refractivity contribution in [3.05, 3.63) is 54.7 Å². The van der Waals surface area contributed by atoms with Gasteiger partial charge in [-0.2, -0.15) is 9.97 Å². The van der Waals surface area contributed by atoms with Crippen LogP contribution in [0.25, 0.3) is 11.0 Å². The topological polar surface area (TPSA) is 120 Å². The number of para-hydroxylation sites is 1. The summed E-state index contributed by atoms with van der Waals surface area (Å²) in [6.45, 7) is 6.29. The summed E-state index contributed by atoms with van der Waals surface area (Å²) in [6, 6.07) is 16.7. The molecule has 6 rings (SSSR count). The van der Waals surface area contributed by atoms with Gasteiger partial charge in [-0.05, 0) is 89.8 Å². The number of rotatable bonds is 13. The van der Waals surface area contributed by atoms with Crippen molar-refractivity contribution in [1.29, 1.82) is 0 Å². The van der Waals surface area contributed by atoms with Gasteiger partial charge in [-0.15, -0.1) is 0 Å². The second-order valence-corrected chi connectivity index (χ2v) is 15.3. The number of piperidine rings is 1. The molecule has 2 aromatic heterocycles. The van der Waals surface area contributed by atoms with E-state index in [-0.39, 0.29) is 6.10 Å². The number of benzene rings is 2. The maximum atomic E-state index is 10.3. The lowest BCUT2D eigenvalue weighted by Crippen LogP contribution is -2.47. The molecular formula is C36H50N7O4P. The van der Waals surface area contributed by atoms with E-state index in [1.165, 1.54) is 19.3 Å². The molecule has 11 nitrogen and oxygen atoms in total. The van der Waals surface area contributed by atoms with Gasteiger partial charge in [0.25, 0.3) is 0 Å². The Labute approximate surface area is 285 Å². The number of nitrogens with one attached hydrogen (secondary N) is 3. The summed E-state index contributed by atoms with van der Waals surface area (Å²) in [5.41, 5.74) is 2.87. The largest absolute Gasteiger partial charge is 0.488 e. The molecule has 0 unspecified atom stereocenters. The number of nitrogens with zero attached hydrogens (tertiary/aromatic N) is 4. The maximum absolute atomic E-state index is 10.3. The number of fused-ring (bicyclic) bond motifs is 1.